The number of hydrogen-bond donors (Lipinski definition) is 0. The van der Waals surface area contributed by atoms with Crippen molar-refractivity contribution in [2.75, 3.05) is 26.3 Å². The van der Waals surface area contributed by atoms with Gasteiger partial charge in [0.15, 0.2) is 12.3 Å². The average Bonchev–Trinajstić information content (AvgIpc) is 2.97. The van der Waals surface area contributed by atoms with Gasteiger partial charge in [-0.05, 0) is 6.92 Å². The van der Waals surface area contributed by atoms with Crippen LogP contribution in [0.25, 0.3) is 11.0 Å². The third-order valence-corrected chi connectivity index (χ3v) is 3.97. The Kier molecular flexibility index (Phi) is 4.79. The number of aryl methyl sites for hydroxylation is 1. The highest BCUT2D eigenvalue weighted by atomic mass is 16.5. The van der Waals surface area contributed by atoms with Crippen LogP contribution < -0.4 is 5.56 Å². The Balaban J connectivity index is 1.58. The first kappa shape index (κ1) is 17.1. The molecule has 1 aliphatic heterocycles. The second-order valence-electron chi connectivity index (χ2n) is 5.86. The minimum atomic E-state index is -0.679. The highest BCUT2D eigenvalue weighted by Crippen LogP contribution is 2.05. The predicted molar refractivity (Wildman–Crippen MR) is 85.7 cm³/mol. The van der Waals surface area contributed by atoms with E-state index in [0.717, 1.165) is 4.57 Å². The number of ether oxygens (including phenoxy) is 2. The van der Waals surface area contributed by atoms with Crippen LogP contribution in [0.3, 0.4) is 0 Å². The van der Waals surface area contributed by atoms with Crippen LogP contribution in [0.4, 0.5) is 0 Å². The fourth-order valence-corrected chi connectivity index (χ4v) is 2.64. The number of nitrogens with zero attached hydrogens (tertiary/aromatic N) is 5. The van der Waals surface area contributed by atoms with Crippen LogP contribution in [0.1, 0.15) is 6.92 Å². The minimum Gasteiger partial charge on any atom is -0.454 e. The summed E-state index contributed by atoms with van der Waals surface area (Å²) >= 11 is 0. The van der Waals surface area contributed by atoms with E-state index in [1.165, 1.54) is 17.2 Å². The number of fused-ring (bicyclic) bond motifs is 1. The van der Waals surface area contributed by atoms with E-state index in [0.29, 0.717) is 30.7 Å². The molecule has 0 aromatic carbocycles. The number of amides is 1. The first-order valence-corrected chi connectivity index (χ1v) is 7.88. The SMILES string of the molecule is CC1CN(C(=O)COC(=O)Cn2cnc3c(cnn3C)c2=O)CCO1. The highest BCUT2D eigenvalue weighted by molar-refractivity contribution is 5.81. The van der Waals surface area contributed by atoms with Gasteiger partial charge in [-0.2, -0.15) is 5.10 Å². The summed E-state index contributed by atoms with van der Waals surface area (Å²) in [6.45, 7) is 2.61. The normalized spacial score (nSPS) is 17.7. The lowest BCUT2D eigenvalue weighted by atomic mass is 10.3. The van der Waals surface area contributed by atoms with Crippen molar-refractivity contribution >= 4 is 22.9 Å². The van der Waals surface area contributed by atoms with Gasteiger partial charge in [0, 0.05) is 20.1 Å². The molecular formula is C15H19N5O5. The Morgan fingerprint density at radius 3 is 3.00 bits per heavy atom. The molecule has 0 spiro atoms. The molecule has 25 heavy (non-hydrogen) atoms. The van der Waals surface area contributed by atoms with Gasteiger partial charge in [0.25, 0.3) is 11.5 Å². The molecule has 0 N–H and O–H groups in total. The fourth-order valence-electron chi connectivity index (χ4n) is 2.64. The average molecular weight is 349 g/mol. The zero-order chi connectivity index (χ0) is 18.0. The molecular weight excluding hydrogens is 330 g/mol. The summed E-state index contributed by atoms with van der Waals surface area (Å²) in [6, 6.07) is 0. The lowest BCUT2D eigenvalue weighted by molar-refractivity contribution is -0.155. The van der Waals surface area contributed by atoms with Crippen molar-refractivity contribution < 1.29 is 19.1 Å². The van der Waals surface area contributed by atoms with E-state index in [-0.39, 0.29) is 30.7 Å². The first-order valence-electron chi connectivity index (χ1n) is 7.88. The van der Waals surface area contributed by atoms with Crippen LogP contribution in [0, 0.1) is 0 Å². The molecule has 10 nitrogen and oxygen atoms in total. The summed E-state index contributed by atoms with van der Waals surface area (Å²) in [7, 11) is 1.67. The third-order valence-electron chi connectivity index (χ3n) is 3.97. The van der Waals surface area contributed by atoms with Crippen LogP contribution in [0.5, 0.6) is 0 Å². The van der Waals surface area contributed by atoms with Gasteiger partial charge < -0.3 is 14.4 Å². The standard InChI is InChI=1S/C15H19N5O5/c1-10-6-19(3-4-24-10)12(21)8-25-13(22)7-20-9-16-14-11(15(20)23)5-17-18(14)2/h5,9-10H,3-4,6-8H2,1-2H3. The summed E-state index contributed by atoms with van der Waals surface area (Å²) in [4.78, 5) is 41.9. The Bertz CT molecular complexity index is 858. The quantitative estimate of drug-likeness (QED) is 0.646. The molecule has 1 saturated heterocycles. The molecule has 0 saturated carbocycles. The van der Waals surface area contributed by atoms with E-state index >= 15 is 0 Å². The van der Waals surface area contributed by atoms with Gasteiger partial charge in [-0.15, -0.1) is 0 Å². The van der Waals surface area contributed by atoms with Crippen molar-refractivity contribution in [1.29, 1.82) is 0 Å². The highest BCUT2D eigenvalue weighted by Gasteiger charge is 2.22. The molecule has 134 valence electrons. The number of carbonyl (C=O) groups excluding carboxylic acids is 2. The molecule has 1 fully saturated rings. The van der Waals surface area contributed by atoms with Crippen LogP contribution in [-0.4, -0.2) is 68.5 Å². The second-order valence-corrected chi connectivity index (χ2v) is 5.86. The maximum absolute atomic E-state index is 12.3. The maximum Gasteiger partial charge on any atom is 0.326 e. The van der Waals surface area contributed by atoms with E-state index in [4.69, 9.17) is 9.47 Å². The molecule has 1 aliphatic rings. The van der Waals surface area contributed by atoms with Crippen LogP contribution in [0.15, 0.2) is 17.3 Å². The Morgan fingerprint density at radius 2 is 2.24 bits per heavy atom. The largest absolute Gasteiger partial charge is 0.454 e. The molecule has 2 aromatic heterocycles. The van der Waals surface area contributed by atoms with Gasteiger partial charge in [-0.3, -0.25) is 23.6 Å². The van der Waals surface area contributed by atoms with Gasteiger partial charge >= 0.3 is 5.97 Å². The van der Waals surface area contributed by atoms with Crippen molar-refractivity contribution in [3.63, 3.8) is 0 Å². The smallest absolute Gasteiger partial charge is 0.326 e. The van der Waals surface area contributed by atoms with Crippen molar-refractivity contribution in [1.82, 2.24) is 24.2 Å². The first-order chi connectivity index (χ1) is 12.0. The van der Waals surface area contributed by atoms with Crippen LogP contribution in [0.2, 0.25) is 0 Å². The number of rotatable bonds is 4. The van der Waals surface area contributed by atoms with E-state index in [2.05, 4.69) is 10.1 Å². The summed E-state index contributed by atoms with van der Waals surface area (Å²) in [5.74, 6) is -0.960. The molecule has 2 aromatic rings. The molecule has 1 unspecified atom stereocenters. The molecule has 1 amide bonds. The predicted octanol–water partition coefficient (Wildman–Crippen LogP) is -1.08. The number of aromatic nitrogens is 4. The van der Waals surface area contributed by atoms with Gasteiger partial charge in [0.1, 0.15) is 18.3 Å². The van der Waals surface area contributed by atoms with Gasteiger partial charge in [0.2, 0.25) is 0 Å². The zero-order valence-corrected chi connectivity index (χ0v) is 14.0. The van der Waals surface area contributed by atoms with Gasteiger partial charge in [0.05, 0.1) is 18.9 Å². The van der Waals surface area contributed by atoms with Crippen LogP contribution in [-0.2, 0) is 32.7 Å². The molecule has 3 rings (SSSR count). The Hall–Kier alpha value is -2.75. The third kappa shape index (κ3) is 3.68. The minimum absolute atomic E-state index is 0.0377. The number of hydrogen-bond acceptors (Lipinski definition) is 7. The lowest BCUT2D eigenvalue weighted by Crippen LogP contribution is -2.46. The number of esters is 1. The molecule has 3 heterocycles. The number of carbonyl (C=O) groups is 2. The molecule has 1 atom stereocenters. The van der Waals surface area contributed by atoms with Crippen LogP contribution >= 0.6 is 0 Å². The summed E-state index contributed by atoms with van der Waals surface area (Å²) in [5.41, 5.74) is 0.0506. The van der Waals surface area contributed by atoms with E-state index < -0.39 is 5.97 Å². The Labute approximate surface area is 142 Å². The summed E-state index contributed by atoms with van der Waals surface area (Å²) < 4.78 is 13.0. The maximum atomic E-state index is 12.3. The van der Waals surface area contributed by atoms with Crippen molar-refractivity contribution in [3.8, 4) is 0 Å². The van der Waals surface area contributed by atoms with E-state index in [1.54, 1.807) is 11.9 Å². The van der Waals surface area contributed by atoms with E-state index in [9.17, 15) is 14.4 Å². The molecule has 0 bridgehead atoms. The van der Waals surface area contributed by atoms with Crippen molar-refractivity contribution in [2.45, 2.75) is 19.6 Å². The number of morpholine rings is 1. The summed E-state index contributed by atoms with van der Waals surface area (Å²) in [6.07, 6.45) is 2.62. The summed E-state index contributed by atoms with van der Waals surface area (Å²) in [5, 5.41) is 4.27. The fraction of sp³-hybridized carbons (Fsp3) is 0.533. The van der Waals surface area contributed by atoms with Crippen molar-refractivity contribution in [3.05, 3.63) is 22.9 Å². The van der Waals surface area contributed by atoms with Crippen molar-refractivity contribution in [2.24, 2.45) is 7.05 Å². The van der Waals surface area contributed by atoms with E-state index in [1.807, 2.05) is 6.92 Å². The molecule has 0 radical (unpaired) electrons. The zero-order valence-electron chi connectivity index (χ0n) is 14.0. The van der Waals surface area contributed by atoms with Gasteiger partial charge in [-0.25, -0.2) is 4.98 Å². The second kappa shape index (κ2) is 7.01. The lowest BCUT2D eigenvalue weighted by Gasteiger charge is -2.30. The molecule has 10 heteroatoms. The van der Waals surface area contributed by atoms with Gasteiger partial charge in [-0.1, -0.05) is 0 Å². The Morgan fingerprint density at radius 1 is 1.44 bits per heavy atom. The monoisotopic (exact) mass is 349 g/mol. The topological polar surface area (TPSA) is 109 Å². The molecule has 0 aliphatic carbocycles.